The van der Waals surface area contributed by atoms with E-state index in [1.54, 1.807) is 0 Å². The lowest BCUT2D eigenvalue weighted by atomic mass is 10.3. The van der Waals surface area contributed by atoms with Crippen LogP contribution in [0.5, 0.6) is 0 Å². The van der Waals surface area contributed by atoms with E-state index in [1.165, 1.54) is 0 Å². The Morgan fingerprint density at radius 2 is 2.00 bits per heavy atom. The number of rotatable bonds is 4. The summed E-state index contributed by atoms with van der Waals surface area (Å²) in [6, 6.07) is 0. The van der Waals surface area contributed by atoms with Gasteiger partial charge in [-0.25, -0.2) is 0 Å². The molecular formula is C5H10AlF3. The molecular weight excluding hydrogens is 144 g/mol. The molecule has 54 valence electrons. The van der Waals surface area contributed by atoms with Crippen molar-refractivity contribution in [2.75, 3.05) is 0 Å². The van der Waals surface area contributed by atoms with Crippen LogP contribution < -0.4 is 0 Å². The first-order valence-corrected chi connectivity index (χ1v) is 4.64. The predicted molar refractivity (Wildman–Crippen MR) is 32.4 cm³/mol. The van der Waals surface area contributed by atoms with E-state index in [0.717, 1.165) is 6.42 Å². The van der Waals surface area contributed by atoms with Gasteiger partial charge in [-0.15, -0.1) is 0 Å². The summed E-state index contributed by atoms with van der Waals surface area (Å²) in [7, 11) is 0. The van der Waals surface area contributed by atoms with E-state index in [-0.39, 0.29) is 6.42 Å². The molecule has 1 unspecified atom stereocenters. The molecule has 4 heteroatoms. The average molecular weight is 154 g/mol. The lowest BCUT2D eigenvalue weighted by molar-refractivity contribution is 0.360. The van der Waals surface area contributed by atoms with Gasteiger partial charge in [-0.05, 0) is 6.42 Å². The van der Waals surface area contributed by atoms with Crippen LogP contribution in [-0.4, -0.2) is 20.1 Å². The summed E-state index contributed by atoms with van der Waals surface area (Å²) in [6.07, 6.45) is 1.43. The SMILES string of the molecule is CCCC[CH](F)[Al]([F])[F]. The van der Waals surface area contributed by atoms with E-state index in [0.29, 0.717) is 6.42 Å². The Morgan fingerprint density at radius 1 is 1.44 bits per heavy atom. The highest BCUT2D eigenvalue weighted by atomic mass is 27.3. The molecule has 0 N–H and O–H groups in total. The zero-order valence-electron chi connectivity index (χ0n) is 5.41. The first-order chi connectivity index (χ1) is 4.18. The first kappa shape index (κ1) is 9.32. The van der Waals surface area contributed by atoms with Gasteiger partial charge < -0.3 is 7.05 Å². The van der Waals surface area contributed by atoms with Gasteiger partial charge in [-0.1, -0.05) is 19.8 Å². The predicted octanol–water partition coefficient (Wildman–Crippen LogP) is 2.48. The molecule has 0 heterocycles. The molecule has 0 saturated heterocycles. The Labute approximate surface area is 58.4 Å². The van der Waals surface area contributed by atoms with Gasteiger partial charge in [-0.3, -0.25) is 4.39 Å². The molecule has 0 nitrogen and oxygen atoms in total. The van der Waals surface area contributed by atoms with Crippen molar-refractivity contribution < 1.29 is 11.4 Å². The first-order valence-electron chi connectivity index (χ1n) is 3.10. The number of unbranched alkanes of at least 4 members (excludes halogenated alkanes) is 1. The average Bonchev–Trinajstić information content (AvgIpc) is 1.82. The molecule has 0 aliphatic carbocycles. The molecule has 1 atom stereocenters. The van der Waals surface area contributed by atoms with E-state index in [4.69, 9.17) is 0 Å². The second-order valence-electron chi connectivity index (χ2n) is 1.99. The van der Waals surface area contributed by atoms with Crippen LogP contribution in [0.3, 0.4) is 0 Å². The summed E-state index contributed by atoms with van der Waals surface area (Å²) >= 11 is -3.96. The minimum absolute atomic E-state index is 0.0559. The quantitative estimate of drug-likeness (QED) is 0.545. The minimum Gasteiger partial charge on any atom is -0.373 e. The van der Waals surface area contributed by atoms with Gasteiger partial charge in [0.05, 0.1) is 0 Å². The van der Waals surface area contributed by atoms with Gasteiger partial charge in [0.2, 0.25) is 0 Å². The van der Waals surface area contributed by atoms with Crippen LogP contribution in [-0.2, 0) is 0 Å². The standard InChI is InChI=1S/C5H10F.Al.2FH/c1-2-3-4-5-6;;;/h5H,2-4H2,1H3;;2*1H/q;+2;;/p-2. The Morgan fingerprint density at radius 3 is 2.33 bits per heavy atom. The molecule has 9 heavy (non-hydrogen) atoms. The highest BCUT2D eigenvalue weighted by Gasteiger charge is 2.33. The number of hydrogen-bond donors (Lipinski definition) is 0. The summed E-state index contributed by atoms with van der Waals surface area (Å²) in [6.45, 7) is 1.86. The molecule has 0 saturated carbocycles. The third-order valence-electron chi connectivity index (χ3n) is 1.11. The van der Waals surface area contributed by atoms with Gasteiger partial charge in [0.15, 0.2) is 0 Å². The van der Waals surface area contributed by atoms with Crippen LogP contribution in [0.2, 0.25) is 0 Å². The second-order valence-corrected chi connectivity index (χ2v) is 3.38. The van der Waals surface area contributed by atoms with Gasteiger partial charge in [0.25, 0.3) is 0 Å². The fourth-order valence-corrected chi connectivity index (χ4v) is 1.01. The number of hydrogen-bond acceptors (Lipinski definition) is 0. The molecule has 0 aliphatic heterocycles. The molecule has 0 radical (unpaired) electrons. The monoisotopic (exact) mass is 154 g/mol. The largest absolute Gasteiger partial charge is 0.796 e. The zero-order valence-corrected chi connectivity index (χ0v) is 6.56. The Hall–Kier alpha value is 0.322. The van der Waals surface area contributed by atoms with E-state index < -0.39 is 20.1 Å². The van der Waals surface area contributed by atoms with Crippen molar-refractivity contribution in [1.82, 2.24) is 0 Å². The van der Waals surface area contributed by atoms with E-state index in [2.05, 4.69) is 0 Å². The fourth-order valence-electron chi connectivity index (χ4n) is 0.525. The van der Waals surface area contributed by atoms with Gasteiger partial charge >= 0.3 is 15.1 Å². The molecule has 0 bridgehead atoms. The number of halogens is 3. The second kappa shape index (κ2) is 5.13. The van der Waals surface area contributed by atoms with Crippen molar-refractivity contribution in [2.45, 2.75) is 31.2 Å². The van der Waals surface area contributed by atoms with Crippen molar-refractivity contribution in [3.05, 3.63) is 0 Å². The molecule has 0 aromatic rings. The molecule has 0 fully saturated rings. The Balaban J connectivity index is 3.16. The summed E-state index contributed by atoms with van der Waals surface area (Å²) < 4.78 is 35.1. The third kappa shape index (κ3) is 4.80. The van der Waals surface area contributed by atoms with Gasteiger partial charge in [0, 0.05) is 0 Å². The highest BCUT2D eigenvalue weighted by molar-refractivity contribution is 6.44. The lowest BCUT2D eigenvalue weighted by Crippen LogP contribution is -2.16. The lowest BCUT2D eigenvalue weighted by Gasteiger charge is -1.98. The Bertz CT molecular complexity index is 67.2. The van der Waals surface area contributed by atoms with Crippen molar-refractivity contribution in [2.24, 2.45) is 0 Å². The van der Waals surface area contributed by atoms with E-state index in [1.807, 2.05) is 6.92 Å². The minimum atomic E-state index is -3.96. The maximum atomic E-state index is 12.0. The summed E-state index contributed by atoms with van der Waals surface area (Å²) in [4.78, 5) is 0. The van der Waals surface area contributed by atoms with E-state index >= 15 is 0 Å². The van der Waals surface area contributed by atoms with Crippen LogP contribution in [0.4, 0.5) is 11.4 Å². The topological polar surface area (TPSA) is 0 Å². The van der Waals surface area contributed by atoms with Gasteiger partial charge in [-0.2, -0.15) is 0 Å². The molecule has 0 amide bonds. The smallest absolute Gasteiger partial charge is 0.373 e. The van der Waals surface area contributed by atoms with Crippen molar-refractivity contribution in [1.29, 1.82) is 0 Å². The Kier molecular flexibility index (Phi) is 5.32. The van der Waals surface area contributed by atoms with Crippen LogP contribution in [0.25, 0.3) is 0 Å². The molecule has 0 aromatic heterocycles. The van der Waals surface area contributed by atoms with Crippen LogP contribution in [0, 0.1) is 0 Å². The van der Waals surface area contributed by atoms with Gasteiger partial charge in [0.1, 0.15) is 5.03 Å². The van der Waals surface area contributed by atoms with Crippen molar-refractivity contribution >= 4 is 15.1 Å². The highest BCUT2D eigenvalue weighted by Crippen LogP contribution is 2.09. The van der Waals surface area contributed by atoms with Crippen LogP contribution in [0.15, 0.2) is 0 Å². The van der Waals surface area contributed by atoms with Crippen LogP contribution in [0.1, 0.15) is 26.2 Å². The molecule has 0 rings (SSSR count). The van der Waals surface area contributed by atoms with Crippen LogP contribution >= 0.6 is 0 Å². The summed E-state index contributed by atoms with van der Waals surface area (Å²) in [5.74, 6) is 0. The summed E-state index contributed by atoms with van der Waals surface area (Å²) in [5, 5.41) is -1.77. The third-order valence-corrected chi connectivity index (χ3v) is 1.99. The molecule has 0 spiro atoms. The number of alkyl halides is 1. The normalized spacial score (nSPS) is 13.3. The zero-order chi connectivity index (χ0) is 7.28. The fraction of sp³-hybridized carbons (Fsp3) is 1.00. The maximum Gasteiger partial charge on any atom is 0.796 e. The summed E-state index contributed by atoms with van der Waals surface area (Å²) in [5.41, 5.74) is 0. The maximum absolute atomic E-state index is 12.0. The molecule has 0 aromatic carbocycles. The van der Waals surface area contributed by atoms with E-state index in [9.17, 15) is 11.4 Å². The van der Waals surface area contributed by atoms with Crippen molar-refractivity contribution in [3.63, 3.8) is 0 Å². The molecule has 0 aliphatic rings. The van der Waals surface area contributed by atoms with Crippen molar-refractivity contribution in [3.8, 4) is 0 Å².